The van der Waals surface area contributed by atoms with E-state index in [9.17, 15) is 18.8 Å². The SMILES string of the molecule is CCOc1cc(/C=C2/SC(=O)N(CC(=O)Nc3ccccc3C)C2=O)ccc1Oc1nc(Cl)ncc1F. The maximum Gasteiger partial charge on any atom is 0.294 e. The normalized spacial score (nSPS) is 14.3. The smallest absolute Gasteiger partial charge is 0.294 e. The van der Waals surface area contributed by atoms with Crippen molar-refractivity contribution < 1.29 is 28.2 Å². The molecule has 1 aliphatic rings. The van der Waals surface area contributed by atoms with Gasteiger partial charge in [0.1, 0.15) is 6.54 Å². The molecule has 12 heteroatoms. The Morgan fingerprint density at radius 2 is 2.00 bits per heavy atom. The zero-order valence-electron chi connectivity index (χ0n) is 19.7. The standard InChI is InChI=1S/C25H20ClFN4O5S/c1-3-35-19-10-15(8-9-18(19)36-22-16(27)12-28-24(26)30-22)11-20-23(33)31(25(34)37-20)13-21(32)29-17-7-5-4-6-14(17)2/h4-12H,3,13H2,1-2H3,(H,29,32)/b20-11+. The first-order valence-electron chi connectivity index (χ1n) is 11.0. The first-order chi connectivity index (χ1) is 17.7. The number of ether oxygens (including phenoxy) is 2. The van der Waals surface area contributed by atoms with Gasteiger partial charge in [-0.2, -0.15) is 9.37 Å². The van der Waals surface area contributed by atoms with Crippen molar-refractivity contribution in [2.75, 3.05) is 18.5 Å². The first kappa shape index (κ1) is 26.1. The lowest BCUT2D eigenvalue weighted by Gasteiger charge is -2.13. The van der Waals surface area contributed by atoms with E-state index in [1.807, 2.05) is 19.1 Å². The molecule has 2 aromatic carbocycles. The van der Waals surface area contributed by atoms with Crippen molar-refractivity contribution in [3.05, 3.63) is 75.8 Å². The number of carbonyl (C=O) groups is 3. The number of nitrogens with zero attached hydrogens (tertiary/aromatic N) is 3. The molecule has 1 fully saturated rings. The summed E-state index contributed by atoms with van der Waals surface area (Å²) >= 11 is 6.44. The molecule has 0 saturated carbocycles. The molecule has 0 radical (unpaired) electrons. The molecule has 4 rings (SSSR count). The second kappa shape index (κ2) is 11.4. The first-order valence-corrected chi connectivity index (χ1v) is 12.2. The Hall–Kier alpha value is -3.96. The molecule has 1 aromatic heterocycles. The molecule has 0 unspecified atom stereocenters. The van der Waals surface area contributed by atoms with Crippen LogP contribution in [-0.2, 0) is 9.59 Å². The number of aromatic nitrogens is 2. The van der Waals surface area contributed by atoms with E-state index in [0.29, 0.717) is 11.3 Å². The molecule has 2 heterocycles. The second-order valence-electron chi connectivity index (χ2n) is 7.66. The number of anilines is 1. The Labute approximate surface area is 220 Å². The number of rotatable bonds is 8. The van der Waals surface area contributed by atoms with E-state index in [4.69, 9.17) is 21.1 Å². The van der Waals surface area contributed by atoms with Gasteiger partial charge in [-0.1, -0.05) is 24.3 Å². The number of benzene rings is 2. The van der Waals surface area contributed by atoms with E-state index in [1.165, 1.54) is 12.1 Å². The van der Waals surface area contributed by atoms with Crippen LogP contribution in [0.15, 0.2) is 53.6 Å². The molecule has 0 aliphatic carbocycles. The number of hydrogen-bond donors (Lipinski definition) is 1. The summed E-state index contributed by atoms with van der Waals surface area (Å²) in [6, 6.07) is 11.9. The summed E-state index contributed by atoms with van der Waals surface area (Å²) in [5, 5.41) is 1.97. The molecular formula is C25H20ClFN4O5S. The quantitative estimate of drug-likeness (QED) is 0.296. The molecule has 1 aliphatic heterocycles. The maximum atomic E-state index is 14.0. The fourth-order valence-electron chi connectivity index (χ4n) is 3.31. The number of carbonyl (C=O) groups excluding carboxylic acids is 3. The summed E-state index contributed by atoms with van der Waals surface area (Å²) in [4.78, 5) is 46.1. The Bertz CT molecular complexity index is 1420. The van der Waals surface area contributed by atoms with Crippen LogP contribution in [0.1, 0.15) is 18.1 Å². The van der Waals surface area contributed by atoms with Crippen LogP contribution in [0.3, 0.4) is 0 Å². The number of hydrogen-bond acceptors (Lipinski definition) is 8. The zero-order chi connectivity index (χ0) is 26.5. The number of amides is 3. The van der Waals surface area contributed by atoms with Crippen LogP contribution in [0.25, 0.3) is 6.08 Å². The summed E-state index contributed by atoms with van der Waals surface area (Å²) in [5.74, 6) is -1.85. The largest absolute Gasteiger partial charge is 0.490 e. The second-order valence-corrected chi connectivity index (χ2v) is 9.00. The topological polar surface area (TPSA) is 111 Å². The van der Waals surface area contributed by atoms with E-state index < -0.39 is 29.4 Å². The summed E-state index contributed by atoms with van der Waals surface area (Å²) in [5.41, 5.74) is 1.98. The molecule has 3 amide bonds. The number of nitrogens with one attached hydrogen (secondary N) is 1. The molecule has 190 valence electrons. The molecule has 9 nitrogen and oxygen atoms in total. The van der Waals surface area contributed by atoms with Crippen molar-refractivity contribution in [3.63, 3.8) is 0 Å². The van der Waals surface area contributed by atoms with Crippen molar-refractivity contribution in [3.8, 4) is 17.4 Å². The highest BCUT2D eigenvalue weighted by Gasteiger charge is 2.36. The van der Waals surface area contributed by atoms with E-state index >= 15 is 0 Å². The fourth-order valence-corrected chi connectivity index (χ4v) is 4.27. The Morgan fingerprint density at radius 3 is 2.76 bits per heavy atom. The summed E-state index contributed by atoms with van der Waals surface area (Å²) < 4.78 is 25.1. The van der Waals surface area contributed by atoms with E-state index in [2.05, 4.69) is 15.3 Å². The van der Waals surface area contributed by atoms with Crippen LogP contribution in [0.4, 0.5) is 14.9 Å². The van der Waals surface area contributed by atoms with Gasteiger partial charge >= 0.3 is 0 Å². The number of imide groups is 1. The van der Waals surface area contributed by atoms with Gasteiger partial charge in [-0.15, -0.1) is 0 Å². The summed E-state index contributed by atoms with van der Waals surface area (Å²) in [7, 11) is 0. The van der Waals surface area contributed by atoms with Gasteiger partial charge in [-0.05, 0) is 72.6 Å². The van der Waals surface area contributed by atoms with Crippen molar-refractivity contribution in [2.45, 2.75) is 13.8 Å². The molecule has 0 atom stereocenters. The van der Waals surface area contributed by atoms with Gasteiger partial charge in [0.2, 0.25) is 17.0 Å². The molecule has 3 aromatic rings. The fraction of sp³-hybridized carbons (Fsp3) is 0.160. The van der Waals surface area contributed by atoms with Crippen LogP contribution >= 0.6 is 23.4 Å². The number of halogens is 2. The maximum absolute atomic E-state index is 14.0. The Kier molecular flexibility index (Phi) is 8.04. The zero-order valence-corrected chi connectivity index (χ0v) is 21.2. The number of para-hydroxylation sites is 1. The summed E-state index contributed by atoms with van der Waals surface area (Å²) in [6.07, 6.45) is 2.38. The molecule has 37 heavy (non-hydrogen) atoms. The van der Waals surface area contributed by atoms with E-state index in [1.54, 1.807) is 31.2 Å². The van der Waals surface area contributed by atoms with Crippen molar-refractivity contribution in [1.29, 1.82) is 0 Å². The van der Waals surface area contributed by atoms with Gasteiger partial charge in [0, 0.05) is 5.69 Å². The highest BCUT2D eigenvalue weighted by Crippen LogP contribution is 2.36. The van der Waals surface area contributed by atoms with Crippen LogP contribution < -0.4 is 14.8 Å². The number of aryl methyl sites for hydroxylation is 1. The minimum atomic E-state index is -0.809. The predicted octanol–water partition coefficient (Wildman–Crippen LogP) is 5.44. The average molecular weight is 543 g/mol. The van der Waals surface area contributed by atoms with Gasteiger partial charge in [0.25, 0.3) is 17.0 Å². The van der Waals surface area contributed by atoms with Crippen molar-refractivity contribution in [2.24, 2.45) is 0 Å². The highest BCUT2D eigenvalue weighted by molar-refractivity contribution is 8.18. The van der Waals surface area contributed by atoms with Crippen molar-refractivity contribution >= 4 is 52.2 Å². The lowest BCUT2D eigenvalue weighted by atomic mass is 10.2. The lowest BCUT2D eigenvalue weighted by molar-refractivity contribution is -0.127. The van der Waals surface area contributed by atoms with Gasteiger partial charge in [0.05, 0.1) is 17.7 Å². The number of thioether (sulfide) groups is 1. The Morgan fingerprint density at radius 1 is 1.22 bits per heavy atom. The van der Waals surface area contributed by atoms with Gasteiger partial charge < -0.3 is 14.8 Å². The van der Waals surface area contributed by atoms with Gasteiger partial charge in [-0.3, -0.25) is 19.3 Å². The average Bonchev–Trinajstić information content (AvgIpc) is 3.11. The lowest BCUT2D eigenvalue weighted by Crippen LogP contribution is -2.36. The molecule has 0 bridgehead atoms. The summed E-state index contributed by atoms with van der Waals surface area (Å²) in [6.45, 7) is 3.45. The van der Waals surface area contributed by atoms with E-state index in [0.717, 1.165) is 28.4 Å². The monoisotopic (exact) mass is 542 g/mol. The molecule has 0 spiro atoms. The van der Waals surface area contributed by atoms with E-state index in [-0.39, 0.29) is 34.2 Å². The third-order valence-electron chi connectivity index (χ3n) is 5.05. The third kappa shape index (κ3) is 6.25. The highest BCUT2D eigenvalue weighted by atomic mass is 35.5. The minimum Gasteiger partial charge on any atom is -0.490 e. The molecule has 1 N–H and O–H groups in total. The minimum absolute atomic E-state index is 0.137. The third-order valence-corrected chi connectivity index (χ3v) is 6.14. The van der Waals surface area contributed by atoms with Crippen LogP contribution in [-0.4, -0.2) is 45.1 Å². The molecule has 1 saturated heterocycles. The predicted molar refractivity (Wildman–Crippen MR) is 137 cm³/mol. The molecular weight excluding hydrogens is 523 g/mol. The van der Waals surface area contributed by atoms with Crippen LogP contribution in [0.5, 0.6) is 17.4 Å². The van der Waals surface area contributed by atoms with Gasteiger partial charge in [0.15, 0.2) is 11.5 Å². The van der Waals surface area contributed by atoms with Gasteiger partial charge in [-0.25, -0.2) is 4.98 Å². The van der Waals surface area contributed by atoms with Crippen LogP contribution in [0, 0.1) is 12.7 Å². The van der Waals surface area contributed by atoms with Crippen LogP contribution in [0.2, 0.25) is 5.28 Å². The van der Waals surface area contributed by atoms with Crippen molar-refractivity contribution in [1.82, 2.24) is 14.9 Å². The Balaban J connectivity index is 1.51.